The molecular formula is C8H9N5O2S. The second kappa shape index (κ2) is 4.29. The Kier molecular flexibility index (Phi) is 2.84. The molecule has 2 heterocycles. The Labute approximate surface area is 93.5 Å². The van der Waals surface area contributed by atoms with Crippen LogP contribution < -0.4 is 22.4 Å². The van der Waals surface area contributed by atoms with E-state index in [9.17, 15) is 9.59 Å². The van der Waals surface area contributed by atoms with Gasteiger partial charge in [0.2, 0.25) is 0 Å². The molecule has 4 N–H and O–H groups in total. The molecular weight excluding hydrogens is 230 g/mol. The number of nitrogens with two attached hydrogens (primary N) is 1. The lowest BCUT2D eigenvalue weighted by atomic mass is 10.5. The van der Waals surface area contributed by atoms with Gasteiger partial charge in [0.15, 0.2) is 5.13 Å². The fourth-order valence-electron chi connectivity index (χ4n) is 1.18. The third-order valence-corrected chi connectivity index (χ3v) is 2.79. The van der Waals surface area contributed by atoms with Gasteiger partial charge in [-0.1, -0.05) is 11.3 Å². The minimum atomic E-state index is -0.318. The third-order valence-electron chi connectivity index (χ3n) is 1.88. The maximum atomic E-state index is 11.4. The Morgan fingerprint density at radius 3 is 3.00 bits per heavy atom. The molecule has 0 saturated carbocycles. The first-order valence-electron chi connectivity index (χ1n) is 4.40. The maximum Gasteiger partial charge on any atom is 0.265 e. The highest BCUT2D eigenvalue weighted by molar-refractivity contribution is 7.15. The van der Waals surface area contributed by atoms with Crippen molar-refractivity contribution in [3.8, 4) is 0 Å². The van der Waals surface area contributed by atoms with E-state index in [0.29, 0.717) is 5.13 Å². The van der Waals surface area contributed by atoms with Crippen molar-refractivity contribution < 1.29 is 0 Å². The van der Waals surface area contributed by atoms with E-state index >= 15 is 0 Å². The van der Waals surface area contributed by atoms with E-state index < -0.39 is 0 Å². The molecule has 0 atom stereocenters. The van der Waals surface area contributed by atoms with Gasteiger partial charge in [0.05, 0.1) is 6.54 Å². The van der Waals surface area contributed by atoms with E-state index in [1.807, 2.05) is 0 Å². The van der Waals surface area contributed by atoms with Crippen molar-refractivity contribution in [3.63, 3.8) is 0 Å². The van der Waals surface area contributed by atoms with E-state index in [4.69, 9.17) is 5.84 Å². The van der Waals surface area contributed by atoms with E-state index in [1.165, 1.54) is 28.2 Å². The molecule has 0 unspecified atom stereocenters. The van der Waals surface area contributed by atoms with Crippen molar-refractivity contribution in [2.24, 2.45) is 5.84 Å². The summed E-state index contributed by atoms with van der Waals surface area (Å²) in [6.45, 7) is 0.272. The van der Waals surface area contributed by atoms with Crippen LogP contribution in [0.15, 0.2) is 27.9 Å². The summed E-state index contributed by atoms with van der Waals surface area (Å²) in [5.41, 5.74) is 1.82. The molecule has 84 valence electrons. The average Bonchev–Trinajstić information content (AvgIpc) is 2.71. The van der Waals surface area contributed by atoms with Crippen molar-refractivity contribution in [1.29, 1.82) is 0 Å². The van der Waals surface area contributed by atoms with Crippen molar-refractivity contribution in [1.82, 2.24) is 14.8 Å². The Morgan fingerprint density at radius 2 is 2.31 bits per heavy atom. The van der Waals surface area contributed by atoms with E-state index in [0.717, 1.165) is 4.88 Å². The van der Waals surface area contributed by atoms with E-state index in [2.05, 4.69) is 15.5 Å². The van der Waals surface area contributed by atoms with Crippen LogP contribution in [0.1, 0.15) is 4.88 Å². The lowest BCUT2D eigenvalue weighted by Gasteiger charge is -2.00. The lowest BCUT2D eigenvalue weighted by molar-refractivity contribution is 0.633. The Bertz CT molecular complexity index is 599. The monoisotopic (exact) mass is 239 g/mol. The maximum absolute atomic E-state index is 11.4. The number of H-pyrrole nitrogens is 1. The van der Waals surface area contributed by atoms with Gasteiger partial charge in [-0.3, -0.25) is 20.1 Å². The van der Waals surface area contributed by atoms with Gasteiger partial charge < -0.3 is 0 Å². The molecule has 2 rings (SSSR count). The molecule has 0 aromatic carbocycles. The third kappa shape index (κ3) is 2.18. The average molecular weight is 239 g/mol. The molecule has 0 spiro atoms. The first-order chi connectivity index (χ1) is 7.69. The Morgan fingerprint density at radius 1 is 1.50 bits per heavy atom. The highest BCUT2D eigenvalue weighted by atomic mass is 32.1. The number of hydrazine groups is 1. The van der Waals surface area contributed by atoms with Gasteiger partial charge in [-0.05, 0) is 0 Å². The second-order valence-corrected chi connectivity index (χ2v) is 4.13. The zero-order valence-electron chi connectivity index (χ0n) is 8.14. The van der Waals surface area contributed by atoms with Crippen LogP contribution in [0, 0.1) is 0 Å². The molecule has 0 saturated heterocycles. The number of anilines is 1. The molecule has 0 amide bonds. The van der Waals surface area contributed by atoms with Crippen LogP contribution in [0.2, 0.25) is 0 Å². The molecule has 2 aromatic heterocycles. The van der Waals surface area contributed by atoms with Crippen LogP contribution in [0.3, 0.4) is 0 Å². The summed E-state index contributed by atoms with van der Waals surface area (Å²) in [6, 6.07) is 2.42. The van der Waals surface area contributed by atoms with Crippen molar-refractivity contribution in [2.75, 3.05) is 5.43 Å². The molecule has 2 aromatic rings. The number of hydrogen-bond donors (Lipinski definition) is 3. The van der Waals surface area contributed by atoms with Gasteiger partial charge in [-0.15, -0.1) is 0 Å². The fraction of sp³-hybridized carbons (Fsp3) is 0.125. The van der Waals surface area contributed by atoms with Gasteiger partial charge in [0.1, 0.15) is 0 Å². The predicted octanol–water partition coefficient (Wildman–Crippen LogP) is -0.673. The number of hydrogen-bond acceptors (Lipinski definition) is 6. The van der Waals surface area contributed by atoms with E-state index in [1.54, 1.807) is 6.20 Å². The SMILES string of the molecule is NNc1ncc(Cn2[nH]c(=O)ccc2=O)s1. The summed E-state index contributed by atoms with van der Waals surface area (Å²) in [5.74, 6) is 5.18. The summed E-state index contributed by atoms with van der Waals surface area (Å²) < 4.78 is 1.22. The van der Waals surface area contributed by atoms with Crippen molar-refractivity contribution in [3.05, 3.63) is 43.9 Å². The molecule has 16 heavy (non-hydrogen) atoms. The first kappa shape index (κ1) is 10.6. The van der Waals surface area contributed by atoms with Crippen LogP contribution in [0.5, 0.6) is 0 Å². The quantitative estimate of drug-likeness (QED) is 0.486. The standard InChI is InChI=1S/C8H9N5O2S/c9-11-8-10-3-5(16-8)4-13-7(15)2-1-6(14)12-13/h1-3H,4,9H2,(H,10,11)(H,12,14). The summed E-state index contributed by atoms with van der Waals surface area (Å²) in [6.07, 6.45) is 1.59. The van der Waals surface area contributed by atoms with E-state index in [-0.39, 0.29) is 17.7 Å². The van der Waals surface area contributed by atoms with Crippen LogP contribution in [0.25, 0.3) is 0 Å². The topological polar surface area (TPSA) is 106 Å². The molecule has 0 aliphatic heterocycles. The number of nitrogen functional groups attached to an aromatic ring is 1. The molecule has 0 fully saturated rings. The lowest BCUT2D eigenvalue weighted by Crippen LogP contribution is -2.28. The van der Waals surface area contributed by atoms with Crippen molar-refractivity contribution in [2.45, 2.75) is 6.54 Å². The van der Waals surface area contributed by atoms with Gasteiger partial charge in [-0.25, -0.2) is 15.5 Å². The van der Waals surface area contributed by atoms with Crippen LogP contribution in [-0.4, -0.2) is 14.8 Å². The zero-order chi connectivity index (χ0) is 11.5. The Balaban J connectivity index is 2.29. The summed E-state index contributed by atoms with van der Waals surface area (Å²) in [7, 11) is 0. The fourth-order valence-corrected chi connectivity index (χ4v) is 1.89. The molecule has 0 aliphatic rings. The minimum absolute atomic E-state index is 0.268. The summed E-state index contributed by atoms with van der Waals surface area (Å²) in [5, 5.41) is 2.98. The number of nitrogens with one attached hydrogen (secondary N) is 2. The largest absolute Gasteiger partial charge is 0.300 e. The summed E-state index contributed by atoms with van der Waals surface area (Å²) >= 11 is 1.31. The predicted molar refractivity (Wildman–Crippen MR) is 60.3 cm³/mol. The highest BCUT2D eigenvalue weighted by Crippen LogP contribution is 2.16. The molecule has 0 radical (unpaired) electrons. The van der Waals surface area contributed by atoms with Gasteiger partial charge in [0, 0.05) is 23.2 Å². The van der Waals surface area contributed by atoms with Gasteiger partial charge >= 0.3 is 0 Å². The minimum Gasteiger partial charge on any atom is -0.300 e. The molecule has 8 heteroatoms. The molecule has 0 bridgehead atoms. The number of nitrogens with zero attached hydrogens (tertiary/aromatic N) is 2. The first-order valence-corrected chi connectivity index (χ1v) is 5.22. The number of aromatic nitrogens is 3. The number of aromatic amines is 1. The van der Waals surface area contributed by atoms with Crippen LogP contribution in [0.4, 0.5) is 5.13 Å². The molecule has 7 nitrogen and oxygen atoms in total. The van der Waals surface area contributed by atoms with Gasteiger partial charge in [0.25, 0.3) is 11.1 Å². The van der Waals surface area contributed by atoms with Crippen LogP contribution in [-0.2, 0) is 6.54 Å². The van der Waals surface area contributed by atoms with Gasteiger partial charge in [-0.2, -0.15) is 0 Å². The number of thiazole rings is 1. The Hall–Kier alpha value is -1.93. The molecule has 0 aliphatic carbocycles. The van der Waals surface area contributed by atoms with Crippen LogP contribution >= 0.6 is 11.3 Å². The second-order valence-electron chi connectivity index (χ2n) is 3.01. The normalized spacial score (nSPS) is 10.3. The van der Waals surface area contributed by atoms with Crippen molar-refractivity contribution >= 4 is 16.5 Å². The summed E-state index contributed by atoms with van der Waals surface area (Å²) in [4.78, 5) is 27.2. The smallest absolute Gasteiger partial charge is 0.265 e. The highest BCUT2D eigenvalue weighted by Gasteiger charge is 2.03. The number of rotatable bonds is 3. The zero-order valence-corrected chi connectivity index (χ0v) is 8.95.